The summed E-state index contributed by atoms with van der Waals surface area (Å²) in [6.07, 6.45) is 0. The van der Waals surface area contributed by atoms with Gasteiger partial charge in [-0.25, -0.2) is 8.42 Å². The molecule has 1 rings (SSSR count). The summed E-state index contributed by atoms with van der Waals surface area (Å²) in [7, 11) is -2.16. The normalized spacial score (nSPS) is 12.5. The Labute approximate surface area is 118 Å². The Bertz CT molecular complexity index is 581. The van der Waals surface area contributed by atoms with E-state index in [9.17, 15) is 8.42 Å². The number of hydrogen-bond acceptors (Lipinski definition) is 4. The number of nitriles is 1. The molecular weight excluding hydrogens is 288 g/mol. The lowest BCUT2D eigenvalue weighted by atomic mass is 10.2. The monoisotopic (exact) mass is 302 g/mol. The van der Waals surface area contributed by atoms with Crippen LogP contribution in [-0.4, -0.2) is 27.2 Å². The van der Waals surface area contributed by atoms with E-state index >= 15 is 0 Å². The Morgan fingerprint density at radius 2 is 2.21 bits per heavy atom. The molecule has 1 unspecified atom stereocenters. The third kappa shape index (κ3) is 4.30. The number of nitrogens with zero attached hydrogens (tertiary/aromatic N) is 1. The van der Waals surface area contributed by atoms with Gasteiger partial charge in [0, 0.05) is 5.88 Å². The lowest BCUT2D eigenvalue weighted by Gasteiger charge is -2.14. The molecule has 0 aliphatic rings. The van der Waals surface area contributed by atoms with Crippen molar-refractivity contribution in [1.82, 2.24) is 0 Å². The molecule has 0 fully saturated rings. The first kappa shape index (κ1) is 15.6. The van der Waals surface area contributed by atoms with E-state index in [4.69, 9.17) is 21.6 Å². The standard InChI is InChI=1S/C12H15ClN2O3S/c1-9(6-13)8-19(16,17)15-12-10(7-14)4-3-5-11(12)18-2/h3-5,9,15H,6,8H2,1-2H3. The lowest BCUT2D eigenvalue weighted by molar-refractivity contribution is 0.416. The zero-order valence-corrected chi connectivity index (χ0v) is 12.3. The number of sulfonamides is 1. The fourth-order valence-corrected chi connectivity index (χ4v) is 3.23. The highest BCUT2D eigenvalue weighted by Crippen LogP contribution is 2.29. The van der Waals surface area contributed by atoms with Gasteiger partial charge in [0.2, 0.25) is 10.0 Å². The van der Waals surface area contributed by atoms with Gasteiger partial charge in [-0.05, 0) is 18.1 Å². The maximum absolute atomic E-state index is 12.0. The summed E-state index contributed by atoms with van der Waals surface area (Å²) >= 11 is 5.61. The van der Waals surface area contributed by atoms with Crippen molar-refractivity contribution in [3.05, 3.63) is 23.8 Å². The molecule has 0 aromatic heterocycles. The van der Waals surface area contributed by atoms with E-state index in [1.165, 1.54) is 13.2 Å². The van der Waals surface area contributed by atoms with Crippen LogP contribution in [0.4, 0.5) is 5.69 Å². The lowest BCUT2D eigenvalue weighted by Crippen LogP contribution is -2.22. The van der Waals surface area contributed by atoms with Gasteiger partial charge in [-0.15, -0.1) is 11.6 Å². The van der Waals surface area contributed by atoms with Crippen molar-refractivity contribution in [2.24, 2.45) is 5.92 Å². The van der Waals surface area contributed by atoms with Crippen molar-refractivity contribution in [3.63, 3.8) is 0 Å². The molecule has 0 heterocycles. The number of nitrogens with one attached hydrogen (secondary N) is 1. The first-order valence-corrected chi connectivity index (χ1v) is 7.75. The van der Waals surface area contributed by atoms with Crippen LogP contribution in [0.15, 0.2) is 18.2 Å². The predicted octanol–water partition coefficient (Wildman–Crippen LogP) is 2.18. The van der Waals surface area contributed by atoms with Gasteiger partial charge in [-0.1, -0.05) is 13.0 Å². The van der Waals surface area contributed by atoms with Crippen LogP contribution >= 0.6 is 11.6 Å². The van der Waals surface area contributed by atoms with Gasteiger partial charge in [-0.3, -0.25) is 4.72 Å². The second-order valence-corrected chi connectivity index (χ2v) is 6.21. The van der Waals surface area contributed by atoms with Crippen LogP contribution < -0.4 is 9.46 Å². The van der Waals surface area contributed by atoms with E-state index in [0.717, 1.165) is 0 Å². The van der Waals surface area contributed by atoms with Crippen LogP contribution in [0.2, 0.25) is 0 Å². The molecule has 0 amide bonds. The molecule has 0 aliphatic carbocycles. The van der Waals surface area contributed by atoms with Crippen molar-refractivity contribution in [2.45, 2.75) is 6.92 Å². The molecular formula is C12H15ClN2O3S. The number of anilines is 1. The van der Waals surface area contributed by atoms with E-state index < -0.39 is 10.0 Å². The van der Waals surface area contributed by atoms with E-state index in [0.29, 0.717) is 5.75 Å². The van der Waals surface area contributed by atoms with Crippen molar-refractivity contribution < 1.29 is 13.2 Å². The molecule has 0 radical (unpaired) electrons. The quantitative estimate of drug-likeness (QED) is 0.817. The third-order valence-corrected chi connectivity index (χ3v) is 4.44. The maximum Gasteiger partial charge on any atom is 0.233 e. The summed E-state index contributed by atoms with van der Waals surface area (Å²) in [4.78, 5) is 0. The number of hydrogen-bond donors (Lipinski definition) is 1. The molecule has 1 atom stereocenters. The maximum atomic E-state index is 12.0. The van der Waals surface area contributed by atoms with Crippen LogP contribution in [0.5, 0.6) is 5.75 Å². The van der Waals surface area contributed by atoms with Gasteiger partial charge in [0.05, 0.1) is 18.4 Å². The molecule has 5 nitrogen and oxygen atoms in total. The third-order valence-electron chi connectivity index (χ3n) is 2.39. The van der Waals surface area contributed by atoms with Gasteiger partial charge in [0.1, 0.15) is 17.5 Å². The summed E-state index contributed by atoms with van der Waals surface area (Å²) < 4.78 is 31.4. The average molecular weight is 303 g/mol. The van der Waals surface area contributed by atoms with Crippen LogP contribution in [0.1, 0.15) is 12.5 Å². The van der Waals surface area contributed by atoms with Crippen molar-refractivity contribution in [1.29, 1.82) is 5.26 Å². The Kier molecular flexibility index (Phi) is 5.45. The van der Waals surface area contributed by atoms with Crippen LogP contribution in [0, 0.1) is 17.2 Å². The van der Waals surface area contributed by atoms with E-state index in [1.54, 1.807) is 19.1 Å². The van der Waals surface area contributed by atoms with E-state index in [-0.39, 0.29) is 28.8 Å². The molecule has 1 aromatic carbocycles. The minimum atomic E-state index is -3.58. The molecule has 0 bridgehead atoms. The summed E-state index contributed by atoms with van der Waals surface area (Å²) in [5.74, 6) is 0.262. The minimum absolute atomic E-state index is 0.112. The minimum Gasteiger partial charge on any atom is -0.495 e. The summed E-state index contributed by atoms with van der Waals surface area (Å²) in [5, 5.41) is 9.00. The molecule has 0 saturated heterocycles. The van der Waals surface area contributed by atoms with Crippen LogP contribution in [0.25, 0.3) is 0 Å². The van der Waals surface area contributed by atoms with Gasteiger partial charge >= 0.3 is 0 Å². The SMILES string of the molecule is COc1cccc(C#N)c1NS(=O)(=O)CC(C)CCl. The fraction of sp³-hybridized carbons (Fsp3) is 0.417. The van der Waals surface area contributed by atoms with Crippen molar-refractivity contribution in [2.75, 3.05) is 23.5 Å². The van der Waals surface area contributed by atoms with Crippen molar-refractivity contribution in [3.8, 4) is 11.8 Å². The molecule has 1 N–H and O–H groups in total. The summed E-state index contributed by atoms with van der Waals surface area (Å²) in [6.45, 7) is 1.74. The number of benzene rings is 1. The summed E-state index contributed by atoms with van der Waals surface area (Å²) in [5.41, 5.74) is 0.371. The highest BCUT2D eigenvalue weighted by atomic mass is 35.5. The molecule has 104 valence electrons. The number of methoxy groups -OCH3 is 1. The number of rotatable bonds is 6. The number of ether oxygens (including phenoxy) is 1. The summed E-state index contributed by atoms with van der Waals surface area (Å²) in [6, 6.07) is 6.65. The Morgan fingerprint density at radius 3 is 2.74 bits per heavy atom. The highest BCUT2D eigenvalue weighted by Gasteiger charge is 2.19. The molecule has 0 saturated carbocycles. The Morgan fingerprint density at radius 1 is 1.53 bits per heavy atom. The molecule has 1 aromatic rings. The van der Waals surface area contributed by atoms with Gasteiger partial charge in [-0.2, -0.15) is 5.26 Å². The van der Waals surface area contributed by atoms with Gasteiger partial charge in [0.15, 0.2) is 0 Å². The second kappa shape index (κ2) is 6.64. The van der Waals surface area contributed by atoms with Crippen LogP contribution in [0.3, 0.4) is 0 Å². The average Bonchev–Trinajstić information content (AvgIpc) is 2.37. The van der Waals surface area contributed by atoms with Crippen molar-refractivity contribution >= 4 is 27.3 Å². The topological polar surface area (TPSA) is 79.2 Å². The number of para-hydroxylation sites is 1. The smallest absolute Gasteiger partial charge is 0.233 e. The number of alkyl halides is 1. The molecule has 0 spiro atoms. The second-order valence-electron chi connectivity index (χ2n) is 4.14. The fourth-order valence-electron chi connectivity index (χ4n) is 1.52. The molecule has 19 heavy (non-hydrogen) atoms. The number of halogens is 1. The van der Waals surface area contributed by atoms with E-state index in [2.05, 4.69) is 4.72 Å². The largest absolute Gasteiger partial charge is 0.495 e. The van der Waals surface area contributed by atoms with Crippen LogP contribution in [-0.2, 0) is 10.0 Å². The molecule has 0 aliphatic heterocycles. The van der Waals surface area contributed by atoms with E-state index in [1.807, 2.05) is 6.07 Å². The molecule has 7 heteroatoms. The first-order valence-electron chi connectivity index (χ1n) is 5.57. The zero-order chi connectivity index (χ0) is 14.5. The predicted molar refractivity (Wildman–Crippen MR) is 75.0 cm³/mol. The first-order chi connectivity index (χ1) is 8.93. The van der Waals surface area contributed by atoms with Gasteiger partial charge < -0.3 is 4.74 Å². The highest BCUT2D eigenvalue weighted by molar-refractivity contribution is 7.92. The zero-order valence-electron chi connectivity index (χ0n) is 10.7. The Hall–Kier alpha value is -1.45. The Balaban J connectivity index is 3.09. The van der Waals surface area contributed by atoms with Gasteiger partial charge in [0.25, 0.3) is 0 Å².